The second kappa shape index (κ2) is 13.9. The Balaban J connectivity index is 1.83. The Morgan fingerprint density at radius 3 is 2.14 bits per heavy atom. The highest BCUT2D eigenvalue weighted by Crippen LogP contribution is 2.24. The van der Waals surface area contributed by atoms with Crippen molar-refractivity contribution in [1.82, 2.24) is 16.0 Å². The summed E-state index contributed by atoms with van der Waals surface area (Å²) in [4.78, 5) is 76.5. The summed E-state index contributed by atoms with van der Waals surface area (Å²) in [5.74, 6) is -3.53. The van der Waals surface area contributed by atoms with Gasteiger partial charge in [0, 0.05) is 37.1 Å². The Morgan fingerprint density at radius 1 is 0.953 bits per heavy atom. The maximum absolute atomic E-state index is 13.8. The molecule has 0 bridgehead atoms. The number of phenols is 1. The minimum absolute atomic E-state index is 0.00718. The third-order valence-corrected chi connectivity index (χ3v) is 7.12. The maximum atomic E-state index is 13.8. The lowest BCUT2D eigenvalue weighted by molar-refractivity contribution is -0.384. The first-order valence-electron chi connectivity index (χ1n) is 14.0. The zero-order valence-electron chi connectivity index (χ0n) is 24.5. The van der Waals surface area contributed by atoms with Gasteiger partial charge in [-0.1, -0.05) is 39.8 Å². The van der Waals surface area contributed by atoms with Gasteiger partial charge in [0.2, 0.25) is 17.7 Å². The number of nitro benzene ring substituents is 1. The van der Waals surface area contributed by atoms with Gasteiger partial charge in [-0.25, -0.2) is 0 Å². The molecule has 13 nitrogen and oxygen atoms in total. The van der Waals surface area contributed by atoms with Crippen molar-refractivity contribution in [2.24, 2.45) is 11.8 Å². The first kappa shape index (κ1) is 32.7. The van der Waals surface area contributed by atoms with E-state index in [0.29, 0.717) is 11.3 Å². The van der Waals surface area contributed by atoms with E-state index >= 15 is 0 Å². The van der Waals surface area contributed by atoms with E-state index in [2.05, 4.69) is 21.3 Å². The van der Waals surface area contributed by atoms with Crippen molar-refractivity contribution in [3.63, 3.8) is 0 Å². The fraction of sp³-hybridized carbons (Fsp3) is 0.433. The molecule has 0 spiro atoms. The largest absolute Gasteiger partial charge is 0.508 e. The van der Waals surface area contributed by atoms with E-state index in [4.69, 9.17) is 0 Å². The molecule has 0 aromatic heterocycles. The number of phenolic OH excluding ortho intramolecular Hbond substituents is 1. The number of nitrogens with one attached hydrogen (secondary N) is 4. The molecule has 3 rings (SSSR count). The zero-order chi connectivity index (χ0) is 31.9. The van der Waals surface area contributed by atoms with Gasteiger partial charge in [-0.2, -0.15) is 0 Å². The number of Topliss-reactive ketones (excluding diaryl/α,β-unsaturated/α-hetero) is 1. The lowest BCUT2D eigenvalue weighted by atomic mass is 9.80. The van der Waals surface area contributed by atoms with Crippen LogP contribution >= 0.6 is 0 Å². The highest BCUT2D eigenvalue weighted by molar-refractivity contribution is 6.16. The summed E-state index contributed by atoms with van der Waals surface area (Å²) < 4.78 is 0. The number of nitro groups is 1. The van der Waals surface area contributed by atoms with Crippen LogP contribution in [0.25, 0.3) is 0 Å². The molecule has 2 aromatic carbocycles. The molecule has 0 unspecified atom stereocenters. The Hall–Kier alpha value is -4.81. The molecule has 43 heavy (non-hydrogen) atoms. The summed E-state index contributed by atoms with van der Waals surface area (Å²) >= 11 is 0. The van der Waals surface area contributed by atoms with Gasteiger partial charge in [0.1, 0.15) is 17.8 Å². The molecule has 5 N–H and O–H groups in total. The molecule has 4 amide bonds. The Morgan fingerprint density at radius 2 is 1.58 bits per heavy atom. The molecule has 0 aliphatic carbocycles. The van der Waals surface area contributed by atoms with Gasteiger partial charge in [0.25, 0.3) is 11.6 Å². The number of hydrogen-bond donors (Lipinski definition) is 5. The number of piperidine rings is 1. The first-order valence-corrected chi connectivity index (χ1v) is 14.0. The highest BCUT2D eigenvalue weighted by atomic mass is 16.6. The number of carbonyl (C=O) groups excluding carboxylic acids is 5. The number of rotatable bonds is 12. The van der Waals surface area contributed by atoms with Crippen LogP contribution in [0.5, 0.6) is 5.75 Å². The van der Waals surface area contributed by atoms with Crippen molar-refractivity contribution in [3.8, 4) is 5.75 Å². The zero-order valence-corrected chi connectivity index (χ0v) is 24.5. The summed E-state index contributed by atoms with van der Waals surface area (Å²) in [6.45, 7) is 7.12. The van der Waals surface area contributed by atoms with Crippen LogP contribution in [0.2, 0.25) is 0 Å². The minimum atomic E-state index is -1.97. The Kier molecular flexibility index (Phi) is 10.6. The van der Waals surface area contributed by atoms with E-state index in [0.717, 1.165) is 0 Å². The van der Waals surface area contributed by atoms with Crippen molar-refractivity contribution in [2.75, 3.05) is 5.32 Å². The number of carbonyl (C=O) groups is 5. The van der Waals surface area contributed by atoms with Crippen LogP contribution in [0.15, 0.2) is 48.5 Å². The third kappa shape index (κ3) is 8.37. The van der Waals surface area contributed by atoms with Crippen molar-refractivity contribution in [1.29, 1.82) is 0 Å². The second-order valence-electron chi connectivity index (χ2n) is 11.4. The number of nitrogens with zero attached hydrogens (tertiary/aromatic N) is 1. The second-order valence-corrected chi connectivity index (χ2v) is 11.4. The monoisotopic (exact) mass is 595 g/mol. The van der Waals surface area contributed by atoms with Gasteiger partial charge in [-0.05, 0) is 48.1 Å². The summed E-state index contributed by atoms with van der Waals surface area (Å²) in [7, 11) is 0. The van der Waals surface area contributed by atoms with Crippen LogP contribution in [0.1, 0.15) is 52.5 Å². The van der Waals surface area contributed by atoms with Crippen molar-refractivity contribution in [2.45, 2.75) is 71.0 Å². The first-order chi connectivity index (χ1) is 20.2. The van der Waals surface area contributed by atoms with Gasteiger partial charge in [-0.3, -0.25) is 34.1 Å². The Labute approximate surface area is 249 Å². The Bertz CT molecular complexity index is 1370. The smallest absolute Gasteiger partial charge is 0.269 e. The quantitative estimate of drug-likeness (QED) is 0.140. The fourth-order valence-electron chi connectivity index (χ4n) is 4.80. The van der Waals surface area contributed by atoms with Crippen LogP contribution in [0.4, 0.5) is 11.4 Å². The number of anilines is 1. The van der Waals surface area contributed by atoms with E-state index in [9.17, 15) is 39.2 Å². The summed E-state index contributed by atoms with van der Waals surface area (Å²) in [6, 6.07) is 8.93. The molecule has 3 atom stereocenters. The third-order valence-electron chi connectivity index (χ3n) is 7.12. The molecule has 230 valence electrons. The molecule has 0 saturated carbocycles. The normalized spacial score (nSPS) is 18.0. The standard InChI is InChI=1S/C30H37N5O8/c1-17(2)15-23(27(39)33-26(18(3)4)28(40)31-20-7-9-21(10-8-20)35(42)43)32-29(41)30(24(37)13-14-25(38)34-30)16-19-5-11-22(36)12-6-19/h5-12,17-18,23,26,36H,13-16H2,1-4H3,(H,31,40)(H,32,41)(H,33,39)(H,34,38)/t23-,26-,30+/m0/s1. The van der Waals surface area contributed by atoms with Crippen molar-refractivity contribution in [3.05, 3.63) is 64.2 Å². The number of aromatic hydroxyl groups is 1. The number of benzene rings is 2. The molecule has 1 heterocycles. The SMILES string of the molecule is CC(C)C[C@H](NC(=O)[C@]1(Cc2ccc(O)cc2)NC(=O)CCC1=O)C(=O)N[C@H](C(=O)Nc1ccc([N+](=O)[O-])cc1)C(C)C. The van der Waals surface area contributed by atoms with E-state index in [1.165, 1.54) is 48.5 Å². The van der Waals surface area contributed by atoms with Crippen LogP contribution in [-0.4, -0.2) is 57.1 Å². The van der Waals surface area contributed by atoms with Gasteiger partial charge in [0.15, 0.2) is 11.3 Å². The average Bonchev–Trinajstić information content (AvgIpc) is 2.94. The van der Waals surface area contributed by atoms with Gasteiger partial charge in [-0.15, -0.1) is 0 Å². The number of ketones is 1. The van der Waals surface area contributed by atoms with Crippen LogP contribution in [0.3, 0.4) is 0 Å². The molecule has 0 radical (unpaired) electrons. The van der Waals surface area contributed by atoms with E-state index in [1.807, 2.05) is 13.8 Å². The molecule has 2 aromatic rings. The summed E-state index contributed by atoms with van der Waals surface area (Å²) in [6.07, 6.45) is -0.244. The topological polar surface area (TPSA) is 197 Å². The molecule has 1 saturated heterocycles. The molecule has 1 aliphatic heterocycles. The fourth-order valence-corrected chi connectivity index (χ4v) is 4.80. The molecular weight excluding hydrogens is 558 g/mol. The lowest BCUT2D eigenvalue weighted by Crippen LogP contribution is -2.69. The van der Waals surface area contributed by atoms with Crippen LogP contribution < -0.4 is 21.3 Å². The molecule has 1 fully saturated rings. The van der Waals surface area contributed by atoms with Gasteiger partial charge < -0.3 is 26.4 Å². The van der Waals surface area contributed by atoms with Crippen LogP contribution in [0, 0.1) is 22.0 Å². The van der Waals surface area contributed by atoms with Gasteiger partial charge in [0.05, 0.1) is 4.92 Å². The minimum Gasteiger partial charge on any atom is -0.508 e. The molecule has 13 heteroatoms. The van der Waals surface area contributed by atoms with E-state index in [1.54, 1.807) is 13.8 Å². The van der Waals surface area contributed by atoms with Crippen LogP contribution in [-0.2, 0) is 30.4 Å². The number of amides is 4. The highest BCUT2D eigenvalue weighted by Gasteiger charge is 2.50. The molecular formula is C30H37N5O8. The predicted molar refractivity (Wildman–Crippen MR) is 157 cm³/mol. The van der Waals surface area contributed by atoms with E-state index < -0.39 is 52.0 Å². The summed E-state index contributed by atoms with van der Waals surface area (Å²) in [5.41, 5.74) is -1.30. The number of hydrogen-bond acceptors (Lipinski definition) is 8. The van der Waals surface area contributed by atoms with Crippen molar-refractivity contribution < 1.29 is 34.0 Å². The van der Waals surface area contributed by atoms with Crippen molar-refractivity contribution >= 4 is 40.8 Å². The number of non-ortho nitro benzene ring substituents is 1. The average molecular weight is 596 g/mol. The maximum Gasteiger partial charge on any atom is 0.269 e. The van der Waals surface area contributed by atoms with Gasteiger partial charge >= 0.3 is 0 Å². The van der Waals surface area contributed by atoms with E-state index in [-0.39, 0.29) is 49.0 Å². The predicted octanol–water partition coefficient (Wildman–Crippen LogP) is 2.37. The lowest BCUT2D eigenvalue weighted by Gasteiger charge is -2.36. The molecule has 1 aliphatic rings. The summed E-state index contributed by atoms with van der Waals surface area (Å²) in [5, 5.41) is 31.1.